The van der Waals surface area contributed by atoms with E-state index in [1.807, 2.05) is 0 Å². The summed E-state index contributed by atoms with van der Waals surface area (Å²) in [5.41, 5.74) is 2.44. The monoisotopic (exact) mass is 249 g/mol. The summed E-state index contributed by atoms with van der Waals surface area (Å²) in [5.74, 6) is 0.963. The fraction of sp³-hybridized carbons (Fsp3) is 0.643. The molecule has 2 heterocycles. The zero-order valence-electron chi connectivity index (χ0n) is 11.6. The van der Waals surface area contributed by atoms with Gasteiger partial charge in [0.25, 0.3) is 0 Å². The Balaban J connectivity index is 1.84. The van der Waals surface area contributed by atoms with Crippen molar-refractivity contribution in [1.29, 1.82) is 0 Å². The minimum atomic E-state index is 0.472. The lowest BCUT2D eigenvalue weighted by Gasteiger charge is -2.24. The molecule has 4 nitrogen and oxygen atoms in total. The molecule has 1 N–H and O–H groups in total. The number of rotatable bonds is 5. The van der Waals surface area contributed by atoms with Crippen LogP contribution in [0.4, 0.5) is 0 Å². The van der Waals surface area contributed by atoms with Gasteiger partial charge >= 0.3 is 0 Å². The molecule has 0 saturated carbocycles. The summed E-state index contributed by atoms with van der Waals surface area (Å²) in [5, 5.41) is 7.43. The maximum atomic E-state index is 5.38. The normalized spacial score (nSPS) is 17.2. The molecule has 18 heavy (non-hydrogen) atoms. The molecular weight excluding hydrogens is 226 g/mol. The Morgan fingerprint density at radius 3 is 3.06 bits per heavy atom. The van der Waals surface area contributed by atoms with Crippen LogP contribution >= 0.6 is 0 Å². The van der Waals surface area contributed by atoms with Crippen LogP contribution in [0.1, 0.15) is 38.6 Å². The first-order valence-electron chi connectivity index (χ1n) is 6.69. The smallest absolute Gasteiger partial charge is 0.151 e. The van der Waals surface area contributed by atoms with E-state index in [0.717, 1.165) is 44.1 Å². The molecule has 1 aliphatic rings. The van der Waals surface area contributed by atoms with E-state index in [-0.39, 0.29) is 0 Å². The molecule has 0 aromatic carbocycles. The van der Waals surface area contributed by atoms with Crippen LogP contribution in [0.15, 0.2) is 22.2 Å². The summed E-state index contributed by atoms with van der Waals surface area (Å²) in [6.07, 6.45) is 3.45. The van der Waals surface area contributed by atoms with Gasteiger partial charge in [-0.3, -0.25) is 4.90 Å². The van der Waals surface area contributed by atoms with Gasteiger partial charge in [0.15, 0.2) is 5.76 Å². The molecular formula is C14H23N3O. The van der Waals surface area contributed by atoms with Gasteiger partial charge in [-0.15, -0.1) is 0 Å². The van der Waals surface area contributed by atoms with Gasteiger partial charge in [-0.2, -0.15) is 0 Å². The summed E-state index contributed by atoms with van der Waals surface area (Å²) in [7, 11) is 0. The standard InChI is InChI=1S/C14H23N3O/c1-11(2)15-8-13-7-14(18-16-13)10-17-6-4-5-12(3)9-17/h5,7,11,15H,4,6,8-10H2,1-3H3. The minimum absolute atomic E-state index is 0.472. The Morgan fingerprint density at radius 1 is 1.50 bits per heavy atom. The molecule has 0 amide bonds. The van der Waals surface area contributed by atoms with Crippen molar-refractivity contribution in [2.45, 2.75) is 46.3 Å². The Labute approximate surface area is 109 Å². The second kappa shape index (κ2) is 6.16. The third-order valence-corrected chi connectivity index (χ3v) is 3.09. The van der Waals surface area contributed by atoms with Gasteiger partial charge in [0.2, 0.25) is 0 Å². The second-order valence-electron chi connectivity index (χ2n) is 5.37. The van der Waals surface area contributed by atoms with E-state index in [9.17, 15) is 0 Å². The molecule has 0 saturated heterocycles. The molecule has 0 unspecified atom stereocenters. The van der Waals surface area contributed by atoms with Crippen molar-refractivity contribution in [1.82, 2.24) is 15.4 Å². The highest BCUT2D eigenvalue weighted by Crippen LogP contribution is 2.13. The van der Waals surface area contributed by atoms with E-state index in [1.54, 1.807) is 0 Å². The number of hydrogen-bond acceptors (Lipinski definition) is 4. The van der Waals surface area contributed by atoms with Gasteiger partial charge in [-0.25, -0.2) is 0 Å². The first-order chi connectivity index (χ1) is 8.63. The van der Waals surface area contributed by atoms with Crippen LogP contribution in [-0.2, 0) is 13.1 Å². The van der Waals surface area contributed by atoms with Crippen molar-refractivity contribution in [3.8, 4) is 0 Å². The Bertz CT molecular complexity index is 409. The van der Waals surface area contributed by atoms with Crippen molar-refractivity contribution in [3.63, 3.8) is 0 Å². The van der Waals surface area contributed by atoms with E-state index in [1.165, 1.54) is 5.57 Å². The summed E-state index contributed by atoms with van der Waals surface area (Å²) >= 11 is 0. The number of aromatic nitrogens is 1. The number of hydrogen-bond donors (Lipinski definition) is 1. The highest BCUT2D eigenvalue weighted by atomic mass is 16.5. The van der Waals surface area contributed by atoms with Crippen molar-refractivity contribution in [3.05, 3.63) is 29.2 Å². The maximum absolute atomic E-state index is 5.38. The highest BCUT2D eigenvalue weighted by Gasteiger charge is 2.13. The van der Waals surface area contributed by atoms with Crippen LogP contribution in [0.5, 0.6) is 0 Å². The molecule has 0 aliphatic carbocycles. The summed E-state index contributed by atoms with van der Waals surface area (Å²) in [6.45, 7) is 10.2. The van der Waals surface area contributed by atoms with Gasteiger partial charge in [0.05, 0.1) is 12.2 Å². The number of nitrogens with zero attached hydrogens (tertiary/aromatic N) is 2. The third-order valence-electron chi connectivity index (χ3n) is 3.09. The zero-order chi connectivity index (χ0) is 13.0. The SMILES string of the molecule is CC1=CCCN(Cc2cc(CNC(C)C)no2)C1. The van der Waals surface area contributed by atoms with Crippen LogP contribution in [0.25, 0.3) is 0 Å². The van der Waals surface area contributed by atoms with Gasteiger partial charge in [0.1, 0.15) is 0 Å². The van der Waals surface area contributed by atoms with Crippen molar-refractivity contribution >= 4 is 0 Å². The molecule has 0 bridgehead atoms. The van der Waals surface area contributed by atoms with Crippen molar-refractivity contribution in [2.24, 2.45) is 0 Å². The van der Waals surface area contributed by atoms with Crippen molar-refractivity contribution < 1.29 is 4.52 Å². The first kappa shape index (κ1) is 13.3. The van der Waals surface area contributed by atoms with Crippen LogP contribution < -0.4 is 5.32 Å². The van der Waals surface area contributed by atoms with E-state index in [2.05, 4.69) is 48.3 Å². The molecule has 0 fully saturated rings. The molecule has 2 rings (SSSR count). The Hall–Kier alpha value is -1.13. The molecule has 0 atom stereocenters. The fourth-order valence-corrected chi connectivity index (χ4v) is 2.17. The lowest BCUT2D eigenvalue weighted by Crippen LogP contribution is -2.28. The minimum Gasteiger partial charge on any atom is -0.360 e. The Morgan fingerprint density at radius 2 is 2.33 bits per heavy atom. The van der Waals surface area contributed by atoms with Gasteiger partial charge < -0.3 is 9.84 Å². The first-order valence-corrected chi connectivity index (χ1v) is 6.69. The summed E-state index contributed by atoms with van der Waals surface area (Å²) in [6, 6.07) is 2.53. The van der Waals surface area contributed by atoms with Crippen LogP contribution in [0.2, 0.25) is 0 Å². The van der Waals surface area contributed by atoms with Crippen LogP contribution in [-0.4, -0.2) is 29.2 Å². The van der Waals surface area contributed by atoms with Crippen LogP contribution in [0, 0.1) is 0 Å². The molecule has 1 aliphatic heterocycles. The maximum Gasteiger partial charge on any atom is 0.151 e. The fourth-order valence-electron chi connectivity index (χ4n) is 2.17. The predicted octanol–water partition coefficient (Wildman–Crippen LogP) is 2.32. The zero-order valence-corrected chi connectivity index (χ0v) is 11.6. The predicted molar refractivity (Wildman–Crippen MR) is 72.1 cm³/mol. The topological polar surface area (TPSA) is 41.3 Å². The molecule has 1 aromatic heterocycles. The lowest BCUT2D eigenvalue weighted by molar-refractivity contribution is 0.242. The van der Waals surface area contributed by atoms with Gasteiger partial charge in [-0.05, 0) is 13.3 Å². The quantitative estimate of drug-likeness (QED) is 0.813. The van der Waals surface area contributed by atoms with Crippen molar-refractivity contribution in [2.75, 3.05) is 13.1 Å². The van der Waals surface area contributed by atoms with E-state index >= 15 is 0 Å². The van der Waals surface area contributed by atoms with E-state index in [4.69, 9.17) is 4.52 Å². The molecule has 0 radical (unpaired) electrons. The second-order valence-corrected chi connectivity index (χ2v) is 5.37. The number of nitrogens with one attached hydrogen (secondary N) is 1. The lowest BCUT2D eigenvalue weighted by atomic mass is 10.1. The average molecular weight is 249 g/mol. The largest absolute Gasteiger partial charge is 0.360 e. The van der Waals surface area contributed by atoms with E-state index in [0.29, 0.717) is 6.04 Å². The molecule has 100 valence electrons. The molecule has 0 spiro atoms. The van der Waals surface area contributed by atoms with Gasteiger partial charge in [0, 0.05) is 31.7 Å². The average Bonchev–Trinajstić information content (AvgIpc) is 2.74. The summed E-state index contributed by atoms with van der Waals surface area (Å²) in [4.78, 5) is 2.40. The van der Waals surface area contributed by atoms with Crippen LogP contribution in [0.3, 0.4) is 0 Å². The molecule has 1 aromatic rings. The molecule has 4 heteroatoms. The van der Waals surface area contributed by atoms with E-state index < -0.39 is 0 Å². The third kappa shape index (κ3) is 3.96. The van der Waals surface area contributed by atoms with Gasteiger partial charge in [-0.1, -0.05) is 30.7 Å². The summed E-state index contributed by atoms with van der Waals surface area (Å²) < 4.78 is 5.38. The highest BCUT2D eigenvalue weighted by molar-refractivity contribution is 5.08. The Kier molecular flexibility index (Phi) is 4.55.